The number of nitrogens with two attached hydrogens (primary N) is 1. The Hall–Kier alpha value is -2.67. The largest absolute Gasteiger partial charge is 0.495 e. The van der Waals surface area contributed by atoms with Crippen molar-refractivity contribution in [3.05, 3.63) is 47.5 Å². The number of rotatable bonds is 3. The van der Waals surface area contributed by atoms with Crippen molar-refractivity contribution in [1.82, 2.24) is 0 Å². The van der Waals surface area contributed by atoms with Crippen LogP contribution >= 0.6 is 0 Å². The number of nitrogen functional groups attached to an aromatic ring is 1. The van der Waals surface area contributed by atoms with Gasteiger partial charge in [0.25, 0.3) is 0 Å². The maximum Gasteiger partial charge on any atom is 0.142 e. The summed E-state index contributed by atoms with van der Waals surface area (Å²) in [6, 6.07) is 13.2. The molecular formula is C15H15N3O. The molecular weight excluding hydrogens is 238 g/mol. The van der Waals surface area contributed by atoms with Gasteiger partial charge in [-0.25, -0.2) is 0 Å². The average molecular weight is 253 g/mol. The molecule has 0 aromatic heterocycles. The average Bonchev–Trinajstić information content (AvgIpc) is 2.41. The van der Waals surface area contributed by atoms with Gasteiger partial charge in [0.15, 0.2) is 0 Å². The van der Waals surface area contributed by atoms with Crippen LogP contribution in [0.3, 0.4) is 0 Å². The standard InChI is InChI=1S/C15H15N3O/c1-10-6-7-14(19-2)13(8-10)18-12-5-3-4-11(9-16)15(12)17/h3-8,18H,17H2,1-2H3. The van der Waals surface area contributed by atoms with E-state index in [-0.39, 0.29) is 0 Å². The molecule has 2 aromatic rings. The number of benzene rings is 2. The molecule has 3 N–H and O–H groups in total. The van der Waals surface area contributed by atoms with Crippen molar-refractivity contribution in [2.24, 2.45) is 0 Å². The van der Waals surface area contributed by atoms with E-state index >= 15 is 0 Å². The third kappa shape index (κ3) is 2.61. The molecule has 0 bridgehead atoms. The first-order chi connectivity index (χ1) is 9.15. The van der Waals surface area contributed by atoms with Crippen LogP contribution in [0.1, 0.15) is 11.1 Å². The number of methoxy groups -OCH3 is 1. The van der Waals surface area contributed by atoms with Gasteiger partial charge in [-0.05, 0) is 36.8 Å². The van der Waals surface area contributed by atoms with Crippen LogP contribution in [0, 0.1) is 18.3 Å². The highest BCUT2D eigenvalue weighted by Crippen LogP contribution is 2.31. The van der Waals surface area contributed by atoms with Crippen molar-refractivity contribution in [3.8, 4) is 11.8 Å². The maximum atomic E-state index is 8.97. The first-order valence-electron chi connectivity index (χ1n) is 5.86. The SMILES string of the molecule is COc1ccc(C)cc1Nc1cccc(C#N)c1N. The van der Waals surface area contributed by atoms with Crippen molar-refractivity contribution in [2.75, 3.05) is 18.2 Å². The summed E-state index contributed by atoms with van der Waals surface area (Å²) in [5.74, 6) is 0.729. The molecule has 4 heteroatoms. The lowest BCUT2D eigenvalue weighted by Gasteiger charge is -2.14. The van der Waals surface area contributed by atoms with E-state index in [2.05, 4.69) is 11.4 Å². The summed E-state index contributed by atoms with van der Waals surface area (Å²) >= 11 is 0. The van der Waals surface area contributed by atoms with Gasteiger partial charge >= 0.3 is 0 Å². The number of anilines is 3. The van der Waals surface area contributed by atoms with Gasteiger partial charge in [-0.15, -0.1) is 0 Å². The van der Waals surface area contributed by atoms with Gasteiger partial charge in [0.05, 0.1) is 29.7 Å². The first kappa shape index (κ1) is 12.8. The summed E-state index contributed by atoms with van der Waals surface area (Å²) in [5.41, 5.74) is 9.47. The molecule has 0 spiro atoms. The Morgan fingerprint density at radius 1 is 1.21 bits per heavy atom. The van der Waals surface area contributed by atoms with E-state index in [1.54, 1.807) is 19.2 Å². The summed E-state index contributed by atoms with van der Waals surface area (Å²) in [6.45, 7) is 2.00. The number of nitriles is 1. The number of hydrogen-bond donors (Lipinski definition) is 2. The van der Waals surface area contributed by atoms with Crippen molar-refractivity contribution in [2.45, 2.75) is 6.92 Å². The molecule has 0 heterocycles. The Morgan fingerprint density at radius 3 is 2.68 bits per heavy atom. The van der Waals surface area contributed by atoms with Gasteiger partial charge in [0.2, 0.25) is 0 Å². The molecule has 0 atom stereocenters. The van der Waals surface area contributed by atoms with Crippen LogP contribution in [0.25, 0.3) is 0 Å². The fourth-order valence-corrected chi connectivity index (χ4v) is 1.84. The van der Waals surface area contributed by atoms with Gasteiger partial charge in [0, 0.05) is 0 Å². The second kappa shape index (κ2) is 5.32. The molecule has 0 radical (unpaired) electrons. The molecule has 4 nitrogen and oxygen atoms in total. The van der Waals surface area contributed by atoms with E-state index in [1.807, 2.05) is 31.2 Å². The number of nitrogens with one attached hydrogen (secondary N) is 1. The van der Waals surface area contributed by atoms with Crippen LogP contribution < -0.4 is 15.8 Å². The number of ether oxygens (including phenoxy) is 1. The minimum Gasteiger partial charge on any atom is -0.495 e. The smallest absolute Gasteiger partial charge is 0.142 e. The number of nitrogens with zero attached hydrogens (tertiary/aromatic N) is 1. The monoisotopic (exact) mass is 253 g/mol. The number of hydrogen-bond acceptors (Lipinski definition) is 4. The van der Waals surface area contributed by atoms with Crippen LogP contribution in [0.4, 0.5) is 17.1 Å². The van der Waals surface area contributed by atoms with Gasteiger partial charge < -0.3 is 15.8 Å². The van der Waals surface area contributed by atoms with Gasteiger partial charge in [-0.2, -0.15) is 5.26 Å². The molecule has 0 aliphatic rings. The van der Waals surface area contributed by atoms with Crippen molar-refractivity contribution >= 4 is 17.1 Å². The molecule has 2 aromatic carbocycles. The first-order valence-corrected chi connectivity index (χ1v) is 5.86. The third-order valence-electron chi connectivity index (χ3n) is 2.85. The lowest BCUT2D eigenvalue weighted by molar-refractivity contribution is 0.416. The Labute approximate surface area is 112 Å². The molecule has 96 valence electrons. The van der Waals surface area contributed by atoms with E-state index in [0.717, 1.165) is 17.0 Å². The van der Waals surface area contributed by atoms with E-state index in [4.69, 9.17) is 15.7 Å². The Balaban J connectivity index is 2.42. The summed E-state index contributed by atoms with van der Waals surface area (Å²) in [4.78, 5) is 0. The quantitative estimate of drug-likeness (QED) is 0.824. The van der Waals surface area contributed by atoms with Crippen LogP contribution in [-0.2, 0) is 0 Å². The molecule has 0 amide bonds. The zero-order valence-electron chi connectivity index (χ0n) is 10.9. The molecule has 0 aliphatic heterocycles. The van der Waals surface area contributed by atoms with E-state index in [0.29, 0.717) is 16.9 Å². The molecule has 0 saturated carbocycles. The van der Waals surface area contributed by atoms with Crippen LogP contribution in [0.2, 0.25) is 0 Å². The molecule has 0 unspecified atom stereocenters. The van der Waals surface area contributed by atoms with Gasteiger partial charge in [0.1, 0.15) is 11.8 Å². The van der Waals surface area contributed by atoms with E-state index in [9.17, 15) is 0 Å². The predicted molar refractivity (Wildman–Crippen MR) is 76.6 cm³/mol. The minimum absolute atomic E-state index is 0.438. The molecule has 0 saturated heterocycles. The fourth-order valence-electron chi connectivity index (χ4n) is 1.84. The van der Waals surface area contributed by atoms with Gasteiger partial charge in [-0.1, -0.05) is 12.1 Å². The lowest BCUT2D eigenvalue weighted by atomic mass is 10.1. The summed E-state index contributed by atoms with van der Waals surface area (Å²) in [6.07, 6.45) is 0. The van der Waals surface area contributed by atoms with Crippen LogP contribution in [0.5, 0.6) is 5.75 Å². The maximum absolute atomic E-state index is 8.97. The second-order valence-electron chi connectivity index (χ2n) is 4.21. The fraction of sp³-hybridized carbons (Fsp3) is 0.133. The molecule has 2 rings (SSSR count). The Kier molecular flexibility index (Phi) is 3.58. The highest BCUT2D eigenvalue weighted by Gasteiger charge is 2.08. The van der Waals surface area contributed by atoms with E-state index < -0.39 is 0 Å². The van der Waals surface area contributed by atoms with Crippen molar-refractivity contribution in [1.29, 1.82) is 5.26 Å². The third-order valence-corrected chi connectivity index (χ3v) is 2.85. The van der Waals surface area contributed by atoms with E-state index in [1.165, 1.54) is 0 Å². The zero-order chi connectivity index (χ0) is 13.8. The Bertz CT molecular complexity index is 644. The zero-order valence-corrected chi connectivity index (χ0v) is 10.9. The predicted octanol–water partition coefficient (Wildman–Crippen LogP) is 3.20. The number of para-hydroxylation sites is 1. The second-order valence-corrected chi connectivity index (χ2v) is 4.21. The summed E-state index contributed by atoms with van der Waals surface area (Å²) in [7, 11) is 1.62. The highest BCUT2D eigenvalue weighted by molar-refractivity contribution is 5.79. The number of aryl methyl sites for hydroxylation is 1. The minimum atomic E-state index is 0.438. The summed E-state index contributed by atoms with van der Waals surface area (Å²) in [5, 5.41) is 12.2. The van der Waals surface area contributed by atoms with Crippen LogP contribution in [-0.4, -0.2) is 7.11 Å². The van der Waals surface area contributed by atoms with Crippen molar-refractivity contribution in [3.63, 3.8) is 0 Å². The summed E-state index contributed by atoms with van der Waals surface area (Å²) < 4.78 is 5.30. The van der Waals surface area contributed by atoms with Crippen molar-refractivity contribution < 1.29 is 4.74 Å². The van der Waals surface area contributed by atoms with Gasteiger partial charge in [-0.3, -0.25) is 0 Å². The molecule has 19 heavy (non-hydrogen) atoms. The Morgan fingerprint density at radius 2 is 2.00 bits per heavy atom. The topological polar surface area (TPSA) is 71.1 Å². The normalized spacial score (nSPS) is 9.74. The molecule has 0 aliphatic carbocycles. The lowest BCUT2D eigenvalue weighted by Crippen LogP contribution is -2.00. The molecule has 0 fully saturated rings. The van der Waals surface area contributed by atoms with Crippen LogP contribution in [0.15, 0.2) is 36.4 Å². The highest BCUT2D eigenvalue weighted by atomic mass is 16.5.